The summed E-state index contributed by atoms with van der Waals surface area (Å²) in [6, 6.07) is 7.84. The average Bonchev–Trinajstić information content (AvgIpc) is 2.88. The van der Waals surface area contributed by atoms with Crippen LogP contribution >= 0.6 is 0 Å². The summed E-state index contributed by atoms with van der Waals surface area (Å²) in [7, 11) is 1.49. The molecule has 0 unspecified atom stereocenters. The summed E-state index contributed by atoms with van der Waals surface area (Å²) >= 11 is 0. The van der Waals surface area contributed by atoms with E-state index in [0.29, 0.717) is 0 Å². The quantitative estimate of drug-likeness (QED) is 0.584. The van der Waals surface area contributed by atoms with Gasteiger partial charge < -0.3 is 10.6 Å². The van der Waals surface area contributed by atoms with E-state index < -0.39 is 0 Å². The summed E-state index contributed by atoms with van der Waals surface area (Å²) in [5.74, 6) is 0.720. The second-order valence-corrected chi connectivity index (χ2v) is 3.93. The number of rotatable bonds is 4. The van der Waals surface area contributed by atoms with E-state index in [0.717, 1.165) is 25.0 Å². The van der Waals surface area contributed by atoms with Crippen LogP contribution in [0, 0.1) is 0 Å². The Morgan fingerprint density at radius 1 is 1.29 bits per heavy atom. The second kappa shape index (κ2) is 3.59. The first-order valence-corrected chi connectivity index (χ1v) is 4.80. The van der Waals surface area contributed by atoms with E-state index in [2.05, 4.69) is 4.89 Å². The standard InChI is InChI=1S/C11H15NO2/c1-13-14-10-4-2-9(3-5-10)8-11(12)6-7-11/h2-5H,6-8,12H2,1H3. The van der Waals surface area contributed by atoms with Gasteiger partial charge in [-0.15, -0.1) is 0 Å². The number of hydrogen-bond acceptors (Lipinski definition) is 3. The van der Waals surface area contributed by atoms with Crippen LogP contribution in [0.4, 0.5) is 0 Å². The number of benzene rings is 1. The summed E-state index contributed by atoms with van der Waals surface area (Å²) in [6.45, 7) is 0. The van der Waals surface area contributed by atoms with Crippen LogP contribution < -0.4 is 10.6 Å². The van der Waals surface area contributed by atoms with Gasteiger partial charge in [-0.25, -0.2) is 0 Å². The van der Waals surface area contributed by atoms with Crippen molar-refractivity contribution in [3.63, 3.8) is 0 Å². The van der Waals surface area contributed by atoms with Gasteiger partial charge in [-0.05, 0) is 37.0 Å². The molecule has 0 spiro atoms. The van der Waals surface area contributed by atoms with Gasteiger partial charge in [0.15, 0.2) is 5.75 Å². The molecule has 2 rings (SSSR count). The third-order valence-electron chi connectivity index (χ3n) is 2.55. The zero-order valence-corrected chi connectivity index (χ0v) is 8.32. The highest BCUT2D eigenvalue weighted by molar-refractivity contribution is 5.29. The van der Waals surface area contributed by atoms with Crippen molar-refractivity contribution in [2.24, 2.45) is 5.73 Å². The molecular formula is C11H15NO2. The van der Waals surface area contributed by atoms with Gasteiger partial charge in [-0.3, -0.25) is 0 Å². The van der Waals surface area contributed by atoms with E-state index in [-0.39, 0.29) is 5.54 Å². The first-order chi connectivity index (χ1) is 6.72. The smallest absolute Gasteiger partial charge is 0.165 e. The van der Waals surface area contributed by atoms with Gasteiger partial charge in [0, 0.05) is 5.54 Å². The van der Waals surface area contributed by atoms with Crippen LogP contribution in [0.2, 0.25) is 0 Å². The minimum atomic E-state index is 0.0730. The van der Waals surface area contributed by atoms with Crippen molar-refractivity contribution >= 4 is 0 Å². The van der Waals surface area contributed by atoms with Gasteiger partial charge in [-0.2, -0.15) is 4.89 Å². The molecule has 0 heterocycles. The van der Waals surface area contributed by atoms with Crippen LogP contribution in [-0.2, 0) is 11.3 Å². The third kappa shape index (κ3) is 2.25. The lowest BCUT2D eigenvalue weighted by molar-refractivity contribution is -0.178. The van der Waals surface area contributed by atoms with Crippen LogP contribution in [0.15, 0.2) is 24.3 Å². The molecular weight excluding hydrogens is 178 g/mol. The lowest BCUT2D eigenvalue weighted by atomic mass is 10.1. The van der Waals surface area contributed by atoms with Crippen molar-refractivity contribution in [3.8, 4) is 5.75 Å². The Labute approximate surface area is 83.7 Å². The van der Waals surface area contributed by atoms with Crippen LogP contribution in [0.3, 0.4) is 0 Å². The van der Waals surface area contributed by atoms with Crippen molar-refractivity contribution in [2.75, 3.05) is 7.11 Å². The van der Waals surface area contributed by atoms with Gasteiger partial charge in [0.25, 0.3) is 0 Å². The second-order valence-electron chi connectivity index (χ2n) is 3.93. The molecule has 0 bridgehead atoms. The molecule has 0 aromatic heterocycles. The highest BCUT2D eigenvalue weighted by atomic mass is 17.2. The number of nitrogens with two attached hydrogens (primary N) is 1. The minimum Gasteiger partial charge on any atom is -0.338 e. The molecule has 3 nitrogen and oxygen atoms in total. The maximum absolute atomic E-state index is 6.02. The van der Waals surface area contributed by atoms with Crippen LogP contribution in [0.5, 0.6) is 5.75 Å². The SMILES string of the molecule is COOc1ccc(CC2(N)CC2)cc1. The average molecular weight is 193 g/mol. The molecule has 1 aliphatic rings. The Kier molecular flexibility index (Phi) is 2.44. The number of hydrogen-bond donors (Lipinski definition) is 1. The maximum Gasteiger partial charge on any atom is 0.165 e. The highest BCUT2D eigenvalue weighted by Crippen LogP contribution is 2.35. The fourth-order valence-electron chi connectivity index (χ4n) is 1.50. The molecule has 0 amide bonds. The highest BCUT2D eigenvalue weighted by Gasteiger charge is 2.37. The predicted molar refractivity (Wildman–Crippen MR) is 53.9 cm³/mol. The van der Waals surface area contributed by atoms with Crippen molar-refractivity contribution < 1.29 is 9.78 Å². The monoisotopic (exact) mass is 193 g/mol. The topological polar surface area (TPSA) is 44.5 Å². The molecule has 1 fully saturated rings. The Balaban J connectivity index is 1.99. The van der Waals surface area contributed by atoms with Crippen molar-refractivity contribution in [2.45, 2.75) is 24.8 Å². The normalized spacial score (nSPS) is 17.9. The lowest BCUT2D eigenvalue weighted by Gasteiger charge is -2.08. The first kappa shape index (κ1) is 9.49. The Morgan fingerprint density at radius 3 is 2.43 bits per heavy atom. The molecule has 1 aromatic carbocycles. The molecule has 0 aliphatic heterocycles. The van der Waals surface area contributed by atoms with E-state index in [4.69, 9.17) is 10.6 Å². The molecule has 3 heteroatoms. The zero-order chi connectivity index (χ0) is 10.0. The van der Waals surface area contributed by atoms with E-state index in [1.165, 1.54) is 12.7 Å². The summed E-state index contributed by atoms with van der Waals surface area (Å²) in [5.41, 5.74) is 7.35. The van der Waals surface area contributed by atoms with Gasteiger partial charge in [0.05, 0.1) is 7.11 Å². The van der Waals surface area contributed by atoms with Crippen molar-refractivity contribution in [1.82, 2.24) is 0 Å². The summed E-state index contributed by atoms with van der Waals surface area (Å²) in [6.07, 6.45) is 3.24. The van der Waals surface area contributed by atoms with E-state index >= 15 is 0 Å². The Hall–Kier alpha value is -1.06. The van der Waals surface area contributed by atoms with Gasteiger partial charge in [-0.1, -0.05) is 12.1 Å². The zero-order valence-electron chi connectivity index (χ0n) is 8.32. The molecule has 0 saturated heterocycles. The molecule has 76 valence electrons. The van der Waals surface area contributed by atoms with Crippen LogP contribution in [0.25, 0.3) is 0 Å². The van der Waals surface area contributed by atoms with Gasteiger partial charge >= 0.3 is 0 Å². The molecule has 0 radical (unpaired) electrons. The first-order valence-electron chi connectivity index (χ1n) is 4.80. The van der Waals surface area contributed by atoms with E-state index in [1.807, 2.05) is 24.3 Å². The summed E-state index contributed by atoms with van der Waals surface area (Å²) in [5, 5.41) is 0. The molecule has 14 heavy (non-hydrogen) atoms. The molecule has 0 atom stereocenters. The Morgan fingerprint density at radius 2 is 1.93 bits per heavy atom. The predicted octanol–water partition coefficient (Wildman–Crippen LogP) is 1.66. The summed E-state index contributed by atoms with van der Waals surface area (Å²) in [4.78, 5) is 9.43. The van der Waals surface area contributed by atoms with Crippen molar-refractivity contribution in [3.05, 3.63) is 29.8 Å². The van der Waals surface area contributed by atoms with Crippen LogP contribution in [0.1, 0.15) is 18.4 Å². The molecule has 1 aliphatic carbocycles. The fourth-order valence-corrected chi connectivity index (χ4v) is 1.50. The molecule has 1 saturated carbocycles. The maximum atomic E-state index is 6.02. The lowest BCUT2D eigenvalue weighted by Crippen LogP contribution is -2.24. The van der Waals surface area contributed by atoms with E-state index in [1.54, 1.807) is 0 Å². The fraction of sp³-hybridized carbons (Fsp3) is 0.455. The summed E-state index contributed by atoms with van der Waals surface area (Å²) < 4.78 is 0. The van der Waals surface area contributed by atoms with E-state index in [9.17, 15) is 0 Å². The third-order valence-corrected chi connectivity index (χ3v) is 2.55. The van der Waals surface area contributed by atoms with Gasteiger partial charge in [0.1, 0.15) is 0 Å². The van der Waals surface area contributed by atoms with Crippen molar-refractivity contribution in [1.29, 1.82) is 0 Å². The molecule has 1 aromatic rings. The minimum absolute atomic E-state index is 0.0730. The largest absolute Gasteiger partial charge is 0.338 e. The van der Waals surface area contributed by atoms with Gasteiger partial charge in [0.2, 0.25) is 0 Å². The molecule has 2 N–H and O–H groups in total. The Bertz CT molecular complexity index is 304. The van der Waals surface area contributed by atoms with Crippen LogP contribution in [-0.4, -0.2) is 12.6 Å².